The molecule has 0 unspecified atom stereocenters. The van der Waals surface area contributed by atoms with Gasteiger partial charge >= 0.3 is 0 Å². The van der Waals surface area contributed by atoms with Gasteiger partial charge in [0.05, 0.1) is 0 Å². The molecule has 0 bridgehead atoms. The van der Waals surface area contributed by atoms with Crippen LogP contribution in [0.3, 0.4) is 0 Å². The molecule has 1 aliphatic carbocycles. The lowest BCUT2D eigenvalue weighted by atomic mass is 10.1. The minimum absolute atomic E-state index is 0.442. The molecular weight excluding hydrogens is 196 g/mol. The van der Waals surface area contributed by atoms with Crippen LogP contribution in [0.5, 0.6) is 0 Å². The molecule has 0 atom stereocenters. The number of benzene rings is 2. The zero-order valence-electron chi connectivity index (χ0n) is 9.64. The summed E-state index contributed by atoms with van der Waals surface area (Å²) in [6.07, 6.45) is -0.442. The van der Waals surface area contributed by atoms with Crippen molar-refractivity contribution < 1.29 is 5.11 Å². The Hall–Kier alpha value is -1.60. The Kier molecular flexibility index (Phi) is 3.07. The van der Waals surface area contributed by atoms with Crippen LogP contribution in [0.25, 0.3) is 11.1 Å². The summed E-state index contributed by atoms with van der Waals surface area (Å²) in [6, 6.07) is 16.0. The van der Waals surface area contributed by atoms with Crippen molar-refractivity contribution in [2.24, 2.45) is 0 Å². The van der Waals surface area contributed by atoms with Gasteiger partial charge in [0.15, 0.2) is 0 Å². The van der Waals surface area contributed by atoms with Crippen LogP contribution >= 0.6 is 0 Å². The summed E-state index contributed by atoms with van der Waals surface area (Å²) in [6.45, 7) is 4.00. The molecule has 0 fully saturated rings. The normalized spacial score (nSPS) is 12.4. The first-order valence-corrected chi connectivity index (χ1v) is 5.74. The number of aliphatic hydroxyl groups is 1. The summed E-state index contributed by atoms with van der Waals surface area (Å²) in [5, 5.41) is 10.0. The van der Waals surface area contributed by atoms with E-state index in [4.69, 9.17) is 0 Å². The van der Waals surface area contributed by atoms with Gasteiger partial charge in [0.1, 0.15) is 6.10 Å². The number of aliphatic hydroxyl groups excluding tert-OH is 1. The van der Waals surface area contributed by atoms with E-state index in [0.29, 0.717) is 0 Å². The SMILES string of the molecule is CC.OC1c2ccccc2-c2ccccc21. The highest BCUT2D eigenvalue weighted by Crippen LogP contribution is 2.42. The molecule has 0 aliphatic heterocycles. The molecule has 2 aromatic rings. The first-order chi connectivity index (χ1) is 7.88. The van der Waals surface area contributed by atoms with Gasteiger partial charge in [0.2, 0.25) is 0 Å². The molecule has 0 saturated carbocycles. The summed E-state index contributed by atoms with van der Waals surface area (Å²) in [5.41, 5.74) is 4.37. The topological polar surface area (TPSA) is 20.2 Å². The third-order valence-corrected chi connectivity index (χ3v) is 2.80. The zero-order valence-corrected chi connectivity index (χ0v) is 9.64. The summed E-state index contributed by atoms with van der Waals surface area (Å²) < 4.78 is 0. The van der Waals surface area contributed by atoms with E-state index in [-0.39, 0.29) is 0 Å². The number of rotatable bonds is 0. The largest absolute Gasteiger partial charge is 0.384 e. The Morgan fingerprint density at radius 2 is 1.12 bits per heavy atom. The van der Waals surface area contributed by atoms with E-state index in [1.54, 1.807) is 0 Å². The van der Waals surface area contributed by atoms with Crippen LogP contribution in [0.2, 0.25) is 0 Å². The molecule has 1 aliphatic rings. The van der Waals surface area contributed by atoms with Crippen molar-refractivity contribution in [1.29, 1.82) is 0 Å². The predicted octanol–water partition coefficient (Wildman–Crippen LogP) is 3.77. The van der Waals surface area contributed by atoms with Gasteiger partial charge in [0.25, 0.3) is 0 Å². The monoisotopic (exact) mass is 212 g/mol. The lowest BCUT2D eigenvalue weighted by Crippen LogP contribution is -1.92. The van der Waals surface area contributed by atoms with Gasteiger partial charge in [-0.1, -0.05) is 62.4 Å². The van der Waals surface area contributed by atoms with Crippen LogP contribution in [0.1, 0.15) is 31.1 Å². The van der Waals surface area contributed by atoms with E-state index in [2.05, 4.69) is 12.1 Å². The lowest BCUT2D eigenvalue weighted by molar-refractivity contribution is 0.225. The molecule has 1 N–H and O–H groups in total. The van der Waals surface area contributed by atoms with Crippen LogP contribution in [-0.4, -0.2) is 5.11 Å². The molecule has 0 amide bonds. The van der Waals surface area contributed by atoms with Gasteiger partial charge in [-0.05, 0) is 22.3 Å². The molecular formula is C15H16O. The van der Waals surface area contributed by atoms with E-state index < -0.39 is 6.10 Å². The minimum atomic E-state index is -0.442. The van der Waals surface area contributed by atoms with Gasteiger partial charge in [-0.3, -0.25) is 0 Å². The van der Waals surface area contributed by atoms with Gasteiger partial charge in [0, 0.05) is 0 Å². The zero-order chi connectivity index (χ0) is 11.5. The van der Waals surface area contributed by atoms with Crippen LogP contribution in [0, 0.1) is 0 Å². The summed E-state index contributed by atoms with van der Waals surface area (Å²) in [7, 11) is 0. The van der Waals surface area contributed by atoms with Crippen LogP contribution in [0.4, 0.5) is 0 Å². The Balaban J connectivity index is 0.000000457. The van der Waals surface area contributed by atoms with Crippen molar-refractivity contribution in [2.45, 2.75) is 20.0 Å². The average molecular weight is 212 g/mol. The maximum absolute atomic E-state index is 10.0. The van der Waals surface area contributed by atoms with E-state index in [9.17, 15) is 5.11 Å². The molecule has 0 aromatic heterocycles. The lowest BCUT2D eigenvalue weighted by Gasteiger charge is -2.03. The highest BCUT2D eigenvalue weighted by atomic mass is 16.3. The third-order valence-electron chi connectivity index (χ3n) is 2.80. The first kappa shape index (κ1) is 10.9. The second-order valence-electron chi connectivity index (χ2n) is 3.58. The summed E-state index contributed by atoms with van der Waals surface area (Å²) in [5.74, 6) is 0. The van der Waals surface area contributed by atoms with Gasteiger partial charge in [-0.25, -0.2) is 0 Å². The Morgan fingerprint density at radius 3 is 1.56 bits per heavy atom. The van der Waals surface area contributed by atoms with Crippen LogP contribution in [-0.2, 0) is 0 Å². The third kappa shape index (κ3) is 1.54. The molecule has 1 heteroatoms. The predicted molar refractivity (Wildman–Crippen MR) is 67.3 cm³/mol. The molecule has 0 radical (unpaired) electrons. The number of hydrogen-bond donors (Lipinski definition) is 1. The molecule has 2 aromatic carbocycles. The van der Waals surface area contributed by atoms with Crippen molar-refractivity contribution in [3.8, 4) is 11.1 Å². The maximum atomic E-state index is 10.0. The van der Waals surface area contributed by atoms with Gasteiger partial charge in [-0.2, -0.15) is 0 Å². The van der Waals surface area contributed by atoms with Crippen molar-refractivity contribution in [3.05, 3.63) is 59.7 Å². The second kappa shape index (κ2) is 4.50. The fourth-order valence-electron chi connectivity index (χ4n) is 2.13. The average Bonchev–Trinajstić information content (AvgIpc) is 2.67. The highest BCUT2D eigenvalue weighted by molar-refractivity contribution is 5.77. The van der Waals surface area contributed by atoms with E-state index in [0.717, 1.165) is 22.3 Å². The highest BCUT2D eigenvalue weighted by Gasteiger charge is 2.25. The molecule has 0 saturated heterocycles. The van der Waals surface area contributed by atoms with Gasteiger partial charge < -0.3 is 5.11 Å². The summed E-state index contributed by atoms with van der Waals surface area (Å²) in [4.78, 5) is 0. The Morgan fingerprint density at radius 1 is 0.750 bits per heavy atom. The van der Waals surface area contributed by atoms with E-state index in [1.165, 1.54) is 0 Å². The minimum Gasteiger partial charge on any atom is -0.384 e. The maximum Gasteiger partial charge on any atom is 0.105 e. The Bertz CT molecular complexity index is 443. The molecule has 0 spiro atoms. The molecule has 82 valence electrons. The standard InChI is InChI=1S/C13H10O.C2H6/c14-13-11-7-3-1-5-9(11)10-6-2-4-8-12(10)13;1-2/h1-8,13-14H;1-2H3. The smallest absolute Gasteiger partial charge is 0.105 e. The number of hydrogen-bond acceptors (Lipinski definition) is 1. The first-order valence-electron chi connectivity index (χ1n) is 5.74. The summed E-state index contributed by atoms with van der Waals surface area (Å²) >= 11 is 0. The van der Waals surface area contributed by atoms with Crippen molar-refractivity contribution in [3.63, 3.8) is 0 Å². The van der Waals surface area contributed by atoms with Gasteiger partial charge in [-0.15, -0.1) is 0 Å². The van der Waals surface area contributed by atoms with Crippen LogP contribution in [0.15, 0.2) is 48.5 Å². The van der Waals surface area contributed by atoms with Crippen molar-refractivity contribution in [2.75, 3.05) is 0 Å². The fourth-order valence-corrected chi connectivity index (χ4v) is 2.13. The molecule has 16 heavy (non-hydrogen) atoms. The Labute approximate surface area is 96.4 Å². The van der Waals surface area contributed by atoms with E-state index in [1.807, 2.05) is 50.2 Å². The second-order valence-corrected chi connectivity index (χ2v) is 3.58. The van der Waals surface area contributed by atoms with Crippen molar-refractivity contribution >= 4 is 0 Å². The molecule has 1 nitrogen and oxygen atoms in total. The van der Waals surface area contributed by atoms with Crippen LogP contribution < -0.4 is 0 Å². The quantitative estimate of drug-likeness (QED) is 0.704. The number of fused-ring (bicyclic) bond motifs is 3. The van der Waals surface area contributed by atoms with E-state index >= 15 is 0 Å². The van der Waals surface area contributed by atoms with Crippen molar-refractivity contribution in [1.82, 2.24) is 0 Å². The molecule has 3 rings (SSSR count). The fraction of sp³-hybridized carbons (Fsp3) is 0.200. The molecule has 0 heterocycles.